The number of hydrogen-bond acceptors (Lipinski definition) is 6. The van der Waals surface area contributed by atoms with Gasteiger partial charge in [0.25, 0.3) is 0 Å². The number of aryl methyl sites for hydroxylation is 1. The lowest BCUT2D eigenvalue weighted by molar-refractivity contribution is -0.171. The maximum atomic E-state index is 14.0. The van der Waals surface area contributed by atoms with E-state index in [4.69, 9.17) is 14.2 Å². The molecule has 1 N–H and O–H groups in total. The molecular formula is C33H28BrNO6. The number of rotatable bonds is 4. The van der Waals surface area contributed by atoms with E-state index in [2.05, 4.69) is 15.9 Å². The Bertz CT molecular complexity index is 1940. The number of halogens is 1. The molecule has 0 saturated carbocycles. The highest BCUT2D eigenvalue weighted by Crippen LogP contribution is 2.47. The summed E-state index contributed by atoms with van der Waals surface area (Å²) < 4.78 is 20.6. The lowest BCUT2D eigenvalue weighted by Gasteiger charge is -2.42. The second-order valence-electron chi connectivity index (χ2n) is 10.7. The third-order valence-electron chi connectivity index (χ3n) is 7.68. The van der Waals surface area contributed by atoms with Crippen molar-refractivity contribution in [3.8, 4) is 11.5 Å². The summed E-state index contributed by atoms with van der Waals surface area (Å²) in [4.78, 5) is 26.9. The maximum Gasteiger partial charge on any atom is 0.331 e. The van der Waals surface area contributed by atoms with Crippen molar-refractivity contribution < 1.29 is 24.1 Å². The Kier molecular flexibility index (Phi) is 6.63. The molecule has 1 aliphatic rings. The van der Waals surface area contributed by atoms with Crippen LogP contribution in [0.2, 0.25) is 0 Å². The highest BCUT2D eigenvalue weighted by molar-refractivity contribution is 9.10. The number of esters is 1. The van der Waals surface area contributed by atoms with Crippen LogP contribution < -0.4 is 14.9 Å². The van der Waals surface area contributed by atoms with Gasteiger partial charge in [0.05, 0.1) is 29.1 Å². The number of methoxy groups -OCH3 is 1. The van der Waals surface area contributed by atoms with Gasteiger partial charge >= 0.3 is 5.97 Å². The smallest absolute Gasteiger partial charge is 0.331 e. The first-order valence-electron chi connectivity index (χ1n) is 13.2. The average molecular weight is 614 g/mol. The molecule has 0 aliphatic carbocycles. The molecule has 41 heavy (non-hydrogen) atoms. The normalized spacial score (nSPS) is 18.0. The molecule has 2 atom stereocenters. The highest BCUT2D eigenvalue weighted by Gasteiger charge is 2.47. The SMILES string of the molecule is COc1cc2c(c3c1c(=O)c1cc4ccccc4cc1n3C)[C@H](O)[C@H](OC(=O)C=Cc1ccc(Br)cc1)C(C)(C)O2. The minimum atomic E-state index is -1.28. The van der Waals surface area contributed by atoms with Crippen LogP contribution in [-0.2, 0) is 16.6 Å². The minimum Gasteiger partial charge on any atom is -0.496 e. The van der Waals surface area contributed by atoms with Crippen LogP contribution in [0.5, 0.6) is 11.5 Å². The van der Waals surface area contributed by atoms with E-state index in [-0.39, 0.29) is 5.43 Å². The van der Waals surface area contributed by atoms with Crippen LogP contribution in [0.1, 0.15) is 31.1 Å². The van der Waals surface area contributed by atoms with Crippen LogP contribution in [0, 0.1) is 0 Å². The summed E-state index contributed by atoms with van der Waals surface area (Å²) in [6.45, 7) is 3.50. The number of aromatic nitrogens is 1. The van der Waals surface area contributed by atoms with Gasteiger partial charge in [0, 0.05) is 29.0 Å². The van der Waals surface area contributed by atoms with Crippen molar-refractivity contribution >= 4 is 60.6 Å². The first kappa shape index (κ1) is 27.1. The molecule has 2 heterocycles. The Morgan fingerprint density at radius 3 is 2.44 bits per heavy atom. The number of aliphatic hydroxyl groups is 1. The van der Waals surface area contributed by atoms with Crippen LogP contribution in [0.3, 0.4) is 0 Å². The number of pyridine rings is 1. The van der Waals surface area contributed by atoms with Gasteiger partial charge < -0.3 is 23.9 Å². The van der Waals surface area contributed by atoms with Crippen molar-refractivity contribution in [1.82, 2.24) is 4.57 Å². The largest absolute Gasteiger partial charge is 0.496 e. The molecule has 6 rings (SSSR count). The van der Waals surface area contributed by atoms with Crippen LogP contribution in [0.15, 0.2) is 82.1 Å². The fourth-order valence-electron chi connectivity index (χ4n) is 5.66. The van der Waals surface area contributed by atoms with Gasteiger partial charge in [0.1, 0.15) is 23.2 Å². The molecule has 1 aliphatic heterocycles. The van der Waals surface area contributed by atoms with Gasteiger partial charge in [0.2, 0.25) is 5.43 Å². The van der Waals surface area contributed by atoms with Gasteiger partial charge in [-0.15, -0.1) is 0 Å². The van der Waals surface area contributed by atoms with E-state index in [1.54, 1.807) is 26.0 Å². The Morgan fingerprint density at radius 2 is 1.76 bits per heavy atom. The first-order chi connectivity index (χ1) is 19.6. The quantitative estimate of drug-likeness (QED) is 0.142. The molecule has 8 heteroatoms. The van der Waals surface area contributed by atoms with E-state index in [1.807, 2.05) is 72.3 Å². The van der Waals surface area contributed by atoms with Crippen LogP contribution in [0.25, 0.3) is 38.7 Å². The van der Waals surface area contributed by atoms with Crippen molar-refractivity contribution in [2.75, 3.05) is 7.11 Å². The van der Waals surface area contributed by atoms with Crippen LogP contribution >= 0.6 is 15.9 Å². The molecule has 0 radical (unpaired) electrons. The van der Waals surface area contributed by atoms with E-state index in [1.165, 1.54) is 13.2 Å². The van der Waals surface area contributed by atoms with E-state index in [0.29, 0.717) is 38.9 Å². The highest BCUT2D eigenvalue weighted by atomic mass is 79.9. The monoisotopic (exact) mass is 613 g/mol. The number of carbonyl (C=O) groups excluding carboxylic acids is 1. The standard InChI is InChI=1S/C33H28BrNO6/c1-33(2)32(40-26(36)14-11-18-9-12-21(34)13-10-18)31(38)28-25(41-33)17-24(39-4)27-29(28)35(3)23-16-20-8-6-5-7-19(20)15-22(23)30(27)37/h5-17,31-32,38H,1-4H3/t31-,32-/m0/s1. The zero-order chi connectivity index (χ0) is 29.1. The summed E-state index contributed by atoms with van der Waals surface area (Å²) >= 11 is 3.40. The molecule has 0 amide bonds. The summed E-state index contributed by atoms with van der Waals surface area (Å²) in [6, 6.07) is 20.8. The van der Waals surface area contributed by atoms with Gasteiger partial charge in [-0.3, -0.25) is 4.79 Å². The molecular weight excluding hydrogens is 586 g/mol. The second kappa shape index (κ2) is 10.0. The molecule has 7 nitrogen and oxygen atoms in total. The van der Waals surface area contributed by atoms with Crippen LogP contribution in [-0.4, -0.2) is 34.5 Å². The topological polar surface area (TPSA) is 87.0 Å². The first-order valence-corrected chi connectivity index (χ1v) is 14.0. The summed E-state index contributed by atoms with van der Waals surface area (Å²) in [5, 5.41) is 14.6. The van der Waals surface area contributed by atoms with Gasteiger partial charge in [-0.1, -0.05) is 52.3 Å². The number of nitrogens with zero attached hydrogens (tertiary/aromatic N) is 1. The number of aliphatic hydroxyl groups excluding tert-OH is 1. The summed E-state index contributed by atoms with van der Waals surface area (Å²) in [6.07, 6.45) is 0.626. The van der Waals surface area contributed by atoms with E-state index in [9.17, 15) is 14.7 Å². The summed E-state index contributed by atoms with van der Waals surface area (Å²) in [5.74, 6) is 0.0747. The van der Waals surface area contributed by atoms with Gasteiger partial charge in [0.15, 0.2) is 6.10 Å². The zero-order valence-electron chi connectivity index (χ0n) is 23.0. The Morgan fingerprint density at radius 1 is 1.07 bits per heavy atom. The van der Waals surface area contributed by atoms with Crippen molar-refractivity contribution in [2.45, 2.75) is 31.7 Å². The molecule has 1 aromatic heterocycles. The zero-order valence-corrected chi connectivity index (χ0v) is 24.6. The maximum absolute atomic E-state index is 14.0. The fourth-order valence-corrected chi connectivity index (χ4v) is 5.93. The lowest BCUT2D eigenvalue weighted by Crippen LogP contribution is -2.51. The van der Waals surface area contributed by atoms with Crippen molar-refractivity contribution in [3.63, 3.8) is 0 Å². The second-order valence-corrected chi connectivity index (χ2v) is 11.6. The number of fused-ring (bicyclic) bond motifs is 5. The number of hydrogen-bond donors (Lipinski definition) is 1. The Labute approximate surface area is 244 Å². The number of benzene rings is 4. The fraction of sp³-hybridized carbons (Fsp3) is 0.212. The third kappa shape index (κ3) is 4.57. The average Bonchev–Trinajstić information content (AvgIpc) is 2.95. The number of carbonyl (C=O) groups is 1. The minimum absolute atomic E-state index is 0.221. The van der Waals surface area contributed by atoms with E-state index in [0.717, 1.165) is 20.8 Å². The van der Waals surface area contributed by atoms with Gasteiger partial charge in [-0.2, -0.15) is 0 Å². The molecule has 208 valence electrons. The molecule has 5 aromatic rings. The summed E-state index contributed by atoms with van der Waals surface area (Å²) in [7, 11) is 3.34. The molecule has 0 spiro atoms. The van der Waals surface area contributed by atoms with Crippen molar-refractivity contribution in [3.05, 3.63) is 98.6 Å². The van der Waals surface area contributed by atoms with E-state index < -0.39 is 23.8 Å². The Hall–Kier alpha value is -4.14. The van der Waals surface area contributed by atoms with Gasteiger partial charge in [-0.05, 0) is 60.5 Å². The molecule has 0 bridgehead atoms. The molecule has 0 unspecified atom stereocenters. The van der Waals surface area contributed by atoms with Gasteiger partial charge in [-0.25, -0.2) is 4.79 Å². The molecule has 4 aromatic carbocycles. The van der Waals surface area contributed by atoms with Crippen molar-refractivity contribution in [1.29, 1.82) is 0 Å². The predicted molar refractivity (Wildman–Crippen MR) is 163 cm³/mol. The summed E-state index contributed by atoms with van der Waals surface area (Å²) in [5.41, 5.74) is 1.04. The van der Waals surface area contributed by atoms with Crippen molar-refractivity contribution in [2.24, 2.45) is 7.05 Å². The Balaban J connectivity index is 1.50. The predicted octanol–water partition coefficient (Wildman–Crippen LogP) is 6.45. The van der Waals surface area contributed by atoms with E-state index >= 15 is 0 Å². The molecule has 0 fully saturated rings. The lowest BCUT2D eigenvalue weighted by atomic mass is 9.86. The van der Waals surface area contributed by atoms with Crippen LogP contribution in [0.4, 0.5) is 0 Å². The third-order valence-corrected chi connectivity index (χ3v) is 8.21. The number of ether oxygens (including phenoxy) is 3. The molecule has 0 saturated heterocycles.